The fraction of sp³-hybridized carbons (Fsp3) is 0.650. The van der Waals surface area contributed by atoms with Crippen molar-refractivity contribution >= 4 is 29.3 Å². The molecule has 4 rings (SSSR count). The van der Waals surface area contributed by atoms with Gasteiger partial charge in [-0.1, -0.05) is 11.6 Å². The van der Waals surface area contributed by atoms with Gasteiger partial charge < -0.3 is 26.2 Å². The zero-order valence-electron chi connectivity index (χ0n) is 17.1. The van der Waals surface area contributed by atoms with E-state index in [1.165, 1.54) is 20.0 Å². The normalized spacial score (nSPS) is 26.7. The Morgan fingerprint density at radius 3 is 2.33 bits per heavy atom. The Kier molecular flexibility index (Phi) is 6.15. The van der Waals surface area contributed by atoms with E-state index >= 15 is 0 Å². The number of fused-ring (bicyclic) bond motifs is 3. The first-order valence-corrected chi connectivity index (χ1v) is 10.4. The van der Waals surface area contributed by atoms with E-state index in [1.54, 1.807) is 6.07 Å². The first kappa shape index (κ1) is 22.6. The molecule has 0 aliphatic heterocycles. The molecule has 0 spiro atoms. The van der Waals surface area contributed by atoms with Gasteiger partial charge in [0.15, 0.2) is 0 Å². The van der Waals surface area contributed by atoms with Crippen molar-refractivity contribution in [3.05, 3.63) is 23.0 Å². The number of hydrogen-bond acceptors (Lipinski definition) is 5. The molecule has 1 aromatic rings. The van der Waals surface area contributed by atoms with Crippen LogP contribution in [0.2, 0.25) is 5.15 Å². The number of rotatable bonds is 7. The lowest BCUT2D eigenvalue weighted by Gasteiger charge is -2.53. The Labute approximate surface area is 179 Å². The van der Waals surface area contributed by atoms with E-state index in [1.807, 2.05) is 0 Å². The van der Waals surface area contributed by atoms with Gasteiger partial charge in [-0.3, -0.25) is 4.79 Å². The maximum absolute atomic E-state index is 14.0. The Morgan fingerprint density at radius 2 is 1.80 bits per heavy atom. The molecule has 2 bridgehead atoms. The molecule has 3 fully saturated rings. The van der Waals surface area contributed by atoms with Crippen molar-refractivity contribution in [2.24, 2.45) is 0 Å². The highest BCUT2D eigenvalue weighted by atomic mass is 35.5. The standard InChI is InChI=1S/C20H28ClFN4O4/c1-18(2,30)14(22)11-24-16(27)12-10-23-15(21)9-13(12)25-19-3-6-20(7-4-19,8-5-19)26-17(28)29/h9-10,14,26,30H,3-8,11H2,1-2H3,(H,23,25)(H,24,27)(H,28,29). The van der Waals surface area contributed by atoms with Gasteiger partial charge in [-0.15, -0.1) is 0 Å². The second-order valence-corrected chi connectivity index (χ2v) is 9.39. The van der Waals surface area contributed by atoms with Crippen LogP contribution in [0, 0.1) is 0 Å². The van der Waals surface area contributed by atoms with Crippen LogP contribution >= 0.6 is 11.6 Å². The van der Waals surface area contributed by atoms with Crippen molar-refractivity contribution in [2.75, 3.05) is 11.9 Å². The molecule has 166 valence electrons. The number of anilines is 1. The summed E-state index contributed by atoms with van der Waals surface area (Å²) in [6.45, 7) is 2.34. The molecule has 0 radical (unpaired) electrons. The fourth-order valence-corrected chi connectivity index (χ4v) is 4.47. The van der Waals surface area contributed by atoms with Crippen LogP contribution in [0.5, 0.6) is 0 Å². The van der Waals surface area contributed by atoms with E-state index in [0.717, 1.165) is 19.3 Å². The molecule has 30 heavy (non-hydrogen) atoms. The molecule has 3 saturated carbocycles. The molecular formula is C20H28ClFN4O4. The second kappa shape index (κ2) is 8.19. The number of halogens is 2. The SMILES string of the molecule is CC(C)(O)C(F)CNC(=O)c1cnc(Cl)cc1NC12CCC(NC(=O)O)(CC1)CC2. The summed E-state index contributed by atoms with van der Waals surface area (Å²) in [6, 6.07) is 1.57. The number of hydrogen-bond donors (Lipinski definition) is 5. The number of carbonyl (C=O) groups excluding carboxylic acids is 1. The van der Waals surface area contributed by atoms with Crippen LogP contribution in [0.15, 0.2) is 12.3 Å². The van der Waals surface area contributed by atoms with Crippen molar-refractivity contribution in [3.63, 3.8) is 0 Å². The molecule has 1 aromatic heterocycles. The third-order valence-corrected chi connectivity index (χ3v) is 6.55. The maximum Gasteiger partial charge on any atom is 0.405 e. The van der Waals surface area contributed by atoms with Crippen molar-refractivity contribution in [3.8, 4) is 0 Å². The fourth-order valence-electron chi connectivity index (χ4n) is 4.31. The number of pyridine rings is 1. The Balaban J connectivity index is 1.72. The second-order valence-electron chi connectivity index (χ2n) is 9.00. The summed E-state index contributed by atoms with van der Waals surface area (Å²) in [7, 11) is 0. The van der Waals surface area contributed by atoms with E-state index < -0.39 is 23.8 Å². The van der Waals surface area contributed by atoms with Crippen LogP contribution in [0.1, 0.15) is 62.7 Å². The molecule has 10 heteroatoms. The summed E-state index contributed by atoms with van der Waals surface area (Å²) in [6.07, 6.45) is 3.09. The minimum atomic E-state index is -1.62. The molecule has 3 aliphatic rings. The predicted molar refractivity (Wildman–Crippen MR) is 111 cm³/mol. The molecule has 0 aromatic carbocycles. The highest BCUT2D eigenvalue weighted by Gasteiger charge is 2.49. The summed E-state index contributed by atoms with van der Waals surface area (Å²) in [5, 5.41) is 27.7. The number of alkyl halides is 1. The summed E-state index contributed by atoms with van der Waals surface area (Å²) in [4.78, 5) is 27.8. The van der Waals surface area contributed by atoms with Crippen LogP contribution in [0.4, 0.5) is 14.9 Å². The zero-order valence-corrected chi connectivity index (χ0v) is 17.9. The van der Waals surface area contributed by atoms with E-state index in [4.69, 9.17) is 16.7 Å². The Bertz CT molecular complexity index is 805. The van der Waals surface area contributed by atoms with Gasteiger partial charge in [0, 0.05) is 17.3 Å². The first-order chi connectivity index (χ1) is 13.9. The van der Waals surface area contributed by atoms with E-state index in [-0.39, 0.29) is 28.3 Å². The Morgan fingerprint density at radius 1 is 1.23 bits per heavy atom. The summed E-state index contributed by atoms with van der Waals surface area (Å²) < 4.78 is 14.0. The van der Waals surface area contributed by atoms with E-state index in [2.05, 4.69) is 20.9 Å². The number of amides is 2. The van der Waals surface area contributed by atoms with Gasteiger partial charge in [-0.2, -0.15) is 0 Å². The molecule has 8 nitrogen and oxygen atoms in total. The lowest BCUT2D eigenvalue weighted by Crippen LogP contribution is -2.60. The van der Waals surface area contributed by atoms with Crippen molar-refractivity contribution in [2.45, 2.75) is 75.2 Å². The van der Waals surface area contributed by atoms with Crippen molar-refractivity contribution < 1.29 is 24.2 Å². The van der Waals surface area contributed by atoms with Crippen LogP contribution in [0.3, 0.4) is 0 Å². The molecule has 5 N–H and O–H groups in total. The minimum Gasteiger partial charge on any atom is -0.465 e. The lowest BCUT2D eigenvalue weighted by molar-refractivity contribution is -0.00178. The third-order valence-electron chi connectivity index (χ3n) is 6.34. The Hall–Kier alpha value is -2.13. The average Bonchev–Trinajstić information content (AvgIpc) is 2.66. The molecule has 1 heterocycles. The highest BCUT2D eigenvalue weighted by molar-refractivity contribution is 6.29. The maximum atomic E-state index is 14.0. The van der Waals surface area contributed by atoms with Crippen molar-refractivity contribution in [1.29, 1.82) is 0 Å². The molecule has 0 saturated heterocycles. The van der Waals surface area contributed by atoms with E-state index in [0.29, 0.717) is 24.9 Å². The molecular weight excluding hydrogens is 415 g/mol. The van der Waals surface area contributed by atoms with Gasteiger partial charge in [0.2, 0.25) is 0 Å². The summed E-state index contributed by atoms with van der Waals surface area (Å²) in [5.74, 6) is -0.515. The van der Waals surface area contributed by atoms with Gasteiger partial charge in [0.25, 0.3) is 5.91 Å². The van der Waals surface area contributed by atoms with Crippen LogP contribution in [0.25, 0.3) is 0 Å². The average molecular weight is 443 g/mol. The quantitative estimate of drug-likeness (QED) is 0.413. The molecule has 3 aliphatic carbocycles. The largest absolute Gasteiger partial charge is 0.465 e. The number of aliphatic hydroxyl groups is 1. The minimum absolute atomic E-state index is 0.221. The monoisotopic (exact) mass is 442 g/mol. The summed E-state index contributed by atoms with van der Waals surface area (Å²) >= 11 is 6.05. The van der Waals surface area contributed by atoms with Gasteiger partial charge in [-0.05, 0) is 58.4 Å². The number of aromatic nitrogens is 1. The van der Waals surface area contributed by atoms with Crippen LogP contribution < -0.4 is 16.0 Å². The summed E-state index contributed by atoms with van der Waals surface area (Å²) in [5.41, 5.74) is -1.46. The smallest absolute Gasteiger partial charge is 0.405 e. The number of nitrogens with one attached hydrogen (secondary N) is 3. The number of nitrogens with zero attached hydrogens (tertiary/aromatic N) is 1. The van der Waals surface area contributed by atoms with E-state index in [9.17, 15) is 19.1 Å². The topological polar surface area (TPSA) is 124 Å². The van der Waals surface area contributed by atoms with Crippen LogP contribution in [-0.4, -0.2) is 56.6 Å². The van der Waals surface area contributed by atoms with Gasteiger partial charge in [0.1, 0.15) is 11.3 Å². The third kappa shape index (κ3) is 4.95. The number of carboxylic acid groups (broad SMARTS) is 1. The first-order valence-electron chi connectivity index (χ1n) is 10.0. The predicted octanol–water partition coefficient (Wildman–Crippen LogP) is 3.10. The van der Waals surface area contributed by atoms with Gasteiger partial charge in [-0.25, -0.2) is 14.2 Å². The molecule has 1 atom stereocenters. The number of carbonyl (C=O) groups is 2. The zero-order chi connectivity index (χ0) is 22.2. The van der Waals surface area contributed by atoms with Gasteiger partial charge >= 0.3 is 6.09 Å². The van der Waals surface area contributed by atoms with Crippen LogP contribution in [-0.2, 0) is 0 Å². The molecule has 2 amide bonds. The molecule has 1 unspecified atom stereocenters. The lowest BCUT2D eigenvalue weighted by atomic mass is 9.61. The highest BCUT2D eigenvalue weighted by Crippen LogP contribution is 2.48. The van der Waals surface area contributed by atoms with Gasteiger partial charge in [0.05, 0.1) is 23.4 Å². The van der Waals surface area contributed by atoms with Crippen molar-refractivity contribution in [1.82, 2.24) is 15.6 Å².